The molecular formula is C19H15O4P. The van der Waals surface area contributed by atoms with Crippen LogP contribution in [0.3, 0.4) is 0 Å². The van der Waals surface area contributed by atoms with Crippen molar-refractivity contribution in [3.63, 3.8) is 0 Å². The minimum atomic E-state index is -3.56. The lowest BCUT2D eigenvalue weighted by Gasteiger charge is -2.18. The van der Waals surface area contributed by atoms with Gasteiger partial charge in [0.25, 0.3) is 0 Å². The van der Waals surface area contributed by atoms with E-state index < -0.39 is 7.60 Å². The molecule has 0 fully saturated rings. The Hall–Kier alpha value is -2.71. The Morgan fingerprint density at radius 3 is 1.75 bits per heavy atom. The van der Waals surface area contributed by atoms with Crippen molar-refractivity contribution < 1.29 is 18.3 Å². The Morgan fingerprint density at radius 1 is 0.750 bits per heavy atom. The number of para-hydroxylation sites is 2. The van der Waals surface area contributed by atoms with Crippen molar-refractivity contribution in [3.05, 3.63) is 72.8 Å². The third-order valence-electron chi connectivity index (χ3n) is 3.89. The summed E-state index contributed by atoms with van der Waals surface area (Å²) in [5, 5.41) is 0.481. The molecule has 0 aromatic heterocycles. The first-order valence-electron chi connectivity index (χ1n) is 7.52. The first kappa shape index (κ1) is 14.9. The predicted octanol–water partition coefficient (Wildman–Crippen LogP) is 4.65. The fraction of sp³-hybridized carbons (Fsp3) is 0.0526. The molecule has 0 saturated carbocycles. The second-order valence-corrected chi connectivity index (χ2v) is 7.25. The van der Waals surface area contributed by atoms with E-state index in [0.29, 0.717) is 22.6 Å². The van der Waals surface area contributed by atoms with Gasteiger partial charge >= 0.3 is 7.60 Å². The molecule has 0 radical (unpaired) electrons. The fourth-order valence-electron chi connectivity index (χ4n) is 2.69. The molecule has 3 aromatic carbocycles. The highest BCUT2D eigenvalue weighted by Crippen LogP contribution is 2.55. The van der Waals surface area contributed by atoms with Gasteiger partial charge in [-0.25, -0.2) is 4.57 Å². The molecule has 0 saturated heterocycles. The van der Waals surface area contributed by atoms with Crippen LogP contribution in [-0.4, -0.2) is 7.11 Å². The third-order valence-corrected chi connectivity index (χ3v) is 5.69. The van der Waals surface area contributed by atoms with Crippen LogP contribution in [0.2, 0.25) is 0 Å². The maximum atomic E-state index is 13.5. The van der Waals surface area contributed by atoms with E-state index in [9.17, 15) is 4.57 Å². The van der Waals surface area contributed by atoms with Crippen LogP contribution in [0.1, 0.15) is 0 Å². The summed E-state index contributed by atoms with van der Waals surface area (Å²) in [5.74, 6) is 1.77. The summed E-state index contributed by atoms with van der Waals surface area (Å²) >= 11 is 0. The van der Waals surface area contributed by atoms with Crippen LogP contribution in [0.25, 0.3) is 11.1 Å². The zero-order valence-electron chi connectivity index (χ0n) is 13.0. The third kappa shape index (κ3) is 2.45. The topological polar surface area (TPSA) is 44.8 Å². The highest BCUT2D eigenvalue weighted by molar-refractivity contribution is 7.63. The first-order chi connectivity index (χ1) is 11.7. The second kappa shape index (κ2) is 5.73. The quantitative estimate of drug-likeness (QED) is 0.638. The Kier molecular flexibility index (Phi) is 3.55. The van der Waals surface area contributed by atoms with Gasteiger partial charge in [0.05, 0.1) is 12.4 Å². The lowest BCUT2D eigenvalue weighted by atomic mass is 10.0. The molecule has 4 rings (SSSR count). The summed E-state index contributed by atoms with van der Waals surface area (Å²) in [4.78, 5) is 0. The summed E-state index contributed by atoms with van der Waals surface area (Å²) < 4.78 is 30.4. The van der Waals surface area contributed by atoms with Gasteiger partial charge in [0.15, 0.2) is 0 Å². The van der Waals surface area contributed by atoms with Crippen molar-refractivity contribution in [1.29, 1.82) is 0 Å². The molecule has 3 aromatic rings. The summed E-state index contributed by atoms with van der Waals surface area (Å²) in [6.07, 6.45) is 0. The molecule has 0 aliphatic carbocycles. The van der Waals surface area contributed by atoms with Crippen LogP contribution in [0.4, 0.5) is 0 Å². The number of methoxy groups -OCH3 is 1. The van der Waals surface area contributed by atoms with Crippen molar-refractivity contribution >= 4 is 12.9 Å². The molecule has 4 nitrogen and oxygen atoms in total. The minimum absolute atomic E-state index is 0.481. The highest BCUT2D eigenvalue weighted by Gasteiger charge is 2.35. The maximum Gasteiger partial charge on any atom is 0.462 e. The van der Waals surface area contributed by atoms with Gasteiger partial charge in [-0.05, 0) is 36.4 Å². The smallest absolute Gasteiger partial charge is 0.462 e. The molecule has 1 heterocycles. The molecule has 24 heavy (non-hydrogen) atoms. The van der Waals surface area contributed by atoms with Crippen molar-refractivity contribution in [2.24, 2.45) is 0 Å². The molecule has 0 atom stereocenters. The van der Waals surface area contributed by atoms with Gasteiger partial charge in [-0.15, -0.1) is 0 Å². The minimum Gasteiger partial charge on any atom is -0.497 e. The average molecular weight is 338 g/mol. The summed E-state index contributed by atoms with van der Waals surface area (Å²) in [6.45, 7) is 0. The summed E-state index contributed by atoms with van der Waals surface area (Å²) in [5.41, 5.74) is 1.72. The molecule has 0 spiro atoms. The average Bonchev–Trinajstić information content (AvgIpc) is 2.76. The monoisotopic (exact) mass is 338 g/mol. The van der Waals surface area contributed by atoms with E-state index in [1.165, 1.54) is 0 Å². The van der Waals surface area contributed by atoms with Gasteiger partial charge in [-0.1, -0.05) is 36.4 Å². The second-order valence-electron chi connectivity index (χ2n) is 5.37. The number of hydrogen-bond donors (Lipinski definition) is 0. The van der Waals surface area contributed by atoms with Gasteiger partial charge in [-0.3, -0.25) is 0 Å². The van der Waals surface area contributed by atoms with Crippen LogP contribution in [0.15, 0.2) is 72.8 Å². The predicted molar refractivity (Wildman–Crippen MR) is 93.4 cm³/mol. The largest absolute Gasteiger partial charge is 0.497 e. The fourth-order valence-corrected chi connectivity index (χ4v) is 4.28. The number of ether oxygens (including phenoxy) is 1. The molecule has 0 unspecified atom stereocenters. The first-order valence-corrected chi connectivity index (χ1v) is 9.06. The zero-order valence-corrected chi connectivity index (χ0v) is 13.9. The molecule has 0 amide bonds. The maximum absolute atomic E-state index is 13.5. The molecule has 5 heteroatoms. The Morgan fingerprint density at radius 2 is 1.25 bits per heavy atom. The van der Waals surface area contributed by atoms with E-state index in [2.05, 4.69) is 0 Å². The lowest BCUT2D eigenvalue weighted by Crippen LogP contribution is -2.13. The summed E-state index contributed by atoms with van der Waals surface area (Å²) in [6, 6.07) is 21.9. The highest BCUT2D eigenvalue weighted by atomic mass is 31.2. The number of fused-ring (bicyclic) bond motifs is 3. The van der Waals surface area contributed by atoms with Crippen LogP contribution in [-0.2, 0) is 4.57 Å². The van der Waals surface area contributed by atoms with Gasteiger partial charge in [0.2, 0.25) is 0 Å². The van der Waals surface area contributed by atoms with Crippen LogP contribution >= 0.6 is 7.60 Å². The number of rotatable bonds is 2. The Balaban J connectivity index is 1.88. The molecule has 0 N–H and O–H groups in total. The molecule has 1 aliphatic heterocycles. The molecule has 0 bridgehead atoms. The van der Waals surface area contributed by atoms with Gasteiger partial charge in [0.1, 0.15) is 17.2 Å². The number of hydrogen-bond acceptors (Lipinski definition) is 4. The van der Waals surface area contributed by atoms with Crippen molar-refractivity contribution in [3.8, 4) is 28.4 Å². The SMILES string of the molecule is COc1ccc(P2(=O)Oc3ccccc3-c3ccccc3O2)cc1. The van der Waals surface area contributed by atoms with E-state index >= 15 is 0 Å². The van der Waals surface area contributed by atoms with E-state index in [0.717, 1.165) is 11.1 Å². The number of benzene rings is 3. The van der Waals surface area contributed by atoms with Crippen molar-refractivity contribution in [2.75, 3.05) is 7.11 Å². The lowest BCUT2D eigenvalue weighted by molar-refractivity contribution is 0.404. The molecule has 120 valence electrons. The normalized spacial score (nSPS) is 14.4. The Labute approximate surface area is 140 Å². The van der Waals surface area contributed by atoms with Crippen molar-refractivity contribution in [1.82, 2.24) is 0 Å². The molecule has 1 aliphatic rings. The van der Waals surface area contributed by atoms with E-state index in [1.54, 1.807) is 43.5 Å². The van der Waals surface area contributed by atoms with Gasteiger partial charge < -0.3 is 13.8 Å². The van der Waals surface area contributed by atoms with Crippen LogP contribution in [0, 0.1) is 0 Å². The standard InChI is InChI=1S/C19H15O4P/c1-21-14-10-12-15(13-11-14)24(20)22-18-8-4-2-6-16(18)17-7-3-5-9-19(17)23-24/h2-13H,1H3. The zero-order chi connectivity index (χ0) is 16.6. The van der Waals surface area contributed by atoms with Gasteiger partial charge in [0, 0.05) is 11.1 Å². The molecular weight excluding hydrogens is 323 g/mol. The Bertz CT molecular complexity index is 883. The van der Waals surface area contributed by atoms with E-state index in [1.807, 2.05) is 36.4 Å². The van der Waals surface area contributed by atoms with Crippen LogP contribution < -0.4 is 19.1 Å². The van der Waals surface area contributed by atoms with Gasteiger partial charge in [-0.2, -0.15) is 0 Å². The van der Waals surface area contributed by atoms with Crippen LogP contribution in [0.5, 0.6) is 17.2 Å². The summed E-state index contributed by atoms with van der Waals surface area (Å²) in [7, 11) is -1.97. The van der Waals surface area contributed by atoms with E-state index in [-0.39, 0.29) is 0 Å². The van der Waals surface area contributed by atoms with E-state index in [4.69, 9.17) is 13.8 Å². The van der Waals surface area contributed by atoms with Crippen molar-refractivity contribution in [2.45, 2.75) is 0 Å².